The molecular weight excluding hydrogens is 450 g/mol. The van der Waals surface area contributed by atoms with E-state index in [4.69, 9.17) is 14.6 Å². The van der Waals surface area contributed by atoms with Crippen LogP contribution in [0.4, 0.5) is 5.69 Å². The normalized spacial score (nSPS) is 15.7. The molecule has 0 saturated heterocycles. The second-order valence-electron chi connectivity index (χ2n) is 7.43. The number of carboxylic acid groups (broad SMARTS) is 1. The Labute approximate surface area is 191 Å². The molecular formula is C22H25N3O7S. The summed E-state index contributed by atoms with van der Waals surface area (Å²) >= 11 is 0. The number of carboxylic acids is 1. The van der Waals surface area contributed by atoms with Crippen molar-refractivity contribution in [2.75, 3.05) is 25.2 Å². The number of ether oxygens (including phenoxy) is 2. The molecule has 1 atom stereocenters. The van der Waals surface area contributed by atoms with Gasteiger partial charge in [0.15, 0.2) is 11.5 Å². The number of rotatable bonds is 9. The van der Waals surface area contributed by atoms with Gasteiger partial charge in [0.25, 0.3) is 0 Å². The van der Waals surface area contributed by atoms with Crippen LogP contribution in [0.1, 0.15) is 36.4 Å². The first kappa shape index (κ1) is 24.1. The van der Waals surface area contributed by atoms with Crippen molar-refractivity contribution in [1.82, 2.24) is 5.01 Å². The van der Waals surface area contributed by atoms with Crippen molar-refractivity contribution >= 4 is 33.3 Å². The third-order valence-electron chi connectivity index (χ3n) is 5.03. The van der Waals surface area contributed by atoms with Crippen molar-refractivity contribution in [2.45, 2.75) is 25.3 Å². The zero-order valence-corrected chi connectivity index (χ0v) is 19.3. The third-order valence-corrected chi connectivity index (χ3v) is 5.64. The zero-order chi connectivity index (χ0) is 24.2. The Hall–Kier alpha value is -3.60. The Morgan fingerprint density at radius 2 is 1.82 bits per heavy atom. The molecule has 10 nitrogen and oxygen atoms in total. The van der Waals surface area contributed by atoms with Crippen molar-refractivity contribution in [3.63, 3.8) is 0 Å². The molecule has 11 heteroatoms. The Morgan fingerprint density at radius 3 is 2.39 bits per heavy atom. The summed E-state index contributed by atoms with van der Waals surface area (Å²) in [6.07, 6.45) is 0.899. The molecule has 176 valence electrons. The van der Waals surface area contributed by atoms with E-state index >= 15 is 0 Å². The number of nitrogens with zero attached hydrogens (tertiary/aromatic N) is 2. The molecule has 1 heterocycles. The van der Waals surface area contributed by atoms with Crippen LogP contribution in [0.2, 0.25) is 0 Å². The van der Waals surface area contributed by atoms with Crippen molar-refractivity contribution < 1.29 is 32.6 Å². The third kappa shape index (κ3) is 5.80. The summed E-state index contributed by atoms with van der Waals surface area (Å²) in [4.78, 5) is 23.9. The molecule has 0 unspecified atom stereocenters. The smallest absolute Gasteiger partial charge is 0.303 e. The van der Waals surface area contributed by atoms with E-state index in [1.54, 1.807) is 42.5 Å². The maximum absolute atomic E-state index is 12.9. The number of sulfonamides is 1. The minimum atomic E-state index is -3.41. The standard InChI is InChI=1S/C22H25N3O7S/c1-31-19-6-4-5-16(22(19)32-2)18-13-17(23-25(18)20(26)11-12-21(27)28)14-7-9-15(10-8-14)24-33(3,29)30/h4-10,18,24H,11-13H2,1-3H3,(H,27,28)/t18-/m0/s1. The van der Waals surface area contributed by atoms with Gasteiger partial charge < -0.3 is 14.6 Å². The van der Waals surface area contributed by atoms with E-state index in [0.29, 0.717) is 40.4 Å². The van der Waals surface area contributed by atoms with E-state index in [1.165, 1.54) is 19.2 Å². The number of hydrazone groups is 1. The molecule has 0 radical (unpaired) electrons. The molecule has 1 aliphatic rings. The molecule has 0 saturated carbocycles. The average molecular weight is 476 g/mol. The first-order valence-electron chi connectivity index (χ1n) is 10.0. The number of amides is 1. The minimum Gasteiger partial charge on any atom is -0.493 e. The fourth-order valence-electron chi connectivity index (χ4n) is 3.60. The highest BCUT2D eigenvalue weighted by molar-refractivity contribution is 7.92. The molecule has 33 heavy (non-hydrogen) atoms. The highest BCUT2D eigenvalue weighted by atomic mass is 32.2. The van der Waals surface area contributed by atoms with E-state index in [0.717, 1.165) is 6.26 Å². The van der Waals surface area contributed by atoms with Crippen LogP contribution in [0.15, 0.2) is 47.6 Å². The predicted molar refractivity (Wildman–Crippen MR) is 122 cm³/mol. The van der Waals surface area contributed by atoms with Crippen molar-refractivity contribution in [2.24, 2.45) is 5.10 Å². The predicted octanol–water partition coefficient (Wildman–Crippen LogP) is 2.62. The van der Waals surface area contributed by atoms with E-state index in [-0.39, 0.29) is 12.8 Å². The highest BCUT2D eigenvalue weighted by Crippen LogP contribution is 2.42. The number of para-hydroxylation sites is 1. The number of benzene rings is 2. The largest absolute Gasteiger partial charge is 0.493 e. The summed E-state index contributed by atoms with van der Waals surface area (Å²) in [6.45, 7) is 0. The molecule has 0 aliphatic carbocycles. The number of carbonyl (C=O) groups excluding carboxylic acids is 1. The van der Waals surface area contributed by atoms with E-state index < -0.39 is 27.9 Å². The lowest BCUT2D eigenvalue weighted by Gasteiger charge is -2.24. The minimum absolute atomic E-state index is 0.202. The average Bonchev–Trinajstić information content (AvgIpc) is 3.21. The number of carbonyl (C=O) groups is 2. The molecule has 2 aromatic rings. The van der Waals surface area contributed by atoms with Crippen LogP contribution in [0, 0.1) is 0 Å². The molecule has 1 amide bonds. The van der Waals surface area contributed by atoms with Gasteiger partial charge in [0.2, 0.25) is 15.9 Å². The van der Waals surface area contributed by atoms with Gasteiger partial charge in [-0.2, -0.15) is 5.10 Å². The Morgan fingerprint density at radius 1 is 1.12 bits per heavy atom. The van der Waals surface area contributed by atoms with Gasteiger partial charge in [0.05, 0.1) is 38.6 Å². The van der Waals surface area contributed by atoms with E-state index in [2.05, 4.69) is 9.82 Å². The highest BCUT2D eigenvalue weighted by Gasteiger charge is 2.35. The number of aliphatic carboxylic acids is 1. The molecule has 0 spiro atoms. The quantitative estimate of drug-likeness (QED) is 0.569. The van der Waals surface area contributed by atoms with Crippen LogP contribution in [0.5, 0.6) is 11.5 Å². The summed E-state index contributed by atoms with van der Waals surface area (Å²) in [5.74, 6) is -0.545. The second kappa shape index (κ2) is 9.90. The monoisotopic (exact) mass is 475 g/mol. The van der Waals surface area contributed by atoms with Crippen LogP contribution < -0.4 is 14.2 Å². The van der Waals surface area contributed by atoms with Crippen LogP contribution in [0.25, 0.3) is 0 Å². The van der Waals surface area contributed by atoms with E-state index in [1.807, 2.05) is 0 Å². The van der Waals surface area contributed by atoms with Crippen LogP contribution >= 0.6 is 0 Å². The van der Waals surface area contributed by atoms with Gasteiger partial charge in [0.1, 0.15) is 0 Å². The van der Waals surface area contributed by atoms with Gasteiger partial charge in [-0.15, -0.1) is 0 Å². The molecule has 2 N–H and O–H groups in total. The Kier molecular flexibility index (Phi) is 7.22. The van der Waals surface area contributed by atoms with E-state index in [9.17, 15) is 18.0 Å². The zero-order valence-electron chi connectivity index (χ0n) is 18.4. The number of hydrogen-bond donors (Lipinski definition) is 2. The molecule has 0 bridgehead atoms. The lowest BCUT2D eigenvalue weighted by Crippen LogP contribution is -2.27. The molecule has 2 aromatic carbocycles. The Balaban J connectivity index is 1.96. The van der Waals surface area contributed by atoms with Crippen LogP contribution in [-0.4, -0.2) is 56.6 Å². The number of methoxy groups -OCH3 is 2. The topological polar surface area (TPSA) is 135 Å². The van der Waals surface area contributed by atoms with Crippen LogP contribution in [0.3, 0.4) is 0 Å². The lowest BCUT2D eigenvalue weighted by atomic mass is 9.97. The number of nitrogens with one attached hydrogen (secondary N) is 1. The van der Waals surface area contributed by atoms with Gasteiger partial charge in [-0.3, -0.25) is 14.3 Å². The summed E-state index contributed by atoms with van der Waals surface area (Å²) in [7, 11) is -0.392. The SMILES string of the molecule is COc1cccc([C@@H]2CC(c3ccc(NS(C)(=O)=O)cc3)=NN2C(=O)CCC(=O)O)c1OC. The van der Waals surface area contributed by atoms with Gasteiger partial charge in [0, 0.05) is 24.1 Å². The number of anilines is 1. The summed E-state index contributed by atoms with van der Waals surface area (Å²) in [6, 6.07) is 11.4. The second-order valence-corrected chi connectivity index (χ2v) is 9.18. The molecule has 0 fully saturated rings. The maximum Gasteiger partial charge on any atom is 0.303 e. The summed E-state index contributed by atoms with van der Waals surface area (Å²) in [5, 5.41) is 14.8. The number of hydrogen-bond acceptors (Lipinski definition) is 7. The molecule has 1 aliphatic heterocycles. The Bertz CT molecular complexity index is 1180. The fraction of sp³-hybridized carbons (Fsp3) is 0.318. The van der Waals surface area contributed by atoms with Gasteiger partial charge >= 0.3 is 5.97 Å². The molecule has 0 aromatic heterocycles. The van der Waals surface area contributed by atoms with Crippen molar-refractivity contribution in [3.8, 4) is 11.5 Å². The van der Waals surface area contributed by atoms with Gasteiger partial charge in [-0.05, 0) is 23.8 Å². The first-order chi connectivity index (χ1) is 15.6. The maximum atomic E-state index is 12.9. The van der Waals surface area contributed by atoms with Crippen LogP contribution in [-0.2, 0) is 19.6 Å². The molecule has 3 rings (SSSR count). The van der Waals surface area contributed by atoms with Gasteiger partial charge in [-0.1, -0.05) is 24.3 Å². The summed E-state index contributed by atoms with van der Waals surface area (Å²) < 4.78 is 36.2. The lowest BCUT2D eigenvalue weighted by molar-refractivity contribution is -0.141. The first-order valence-corrected chi connectivity index (χ1v) is 11.9. The van der Waals surface area contributed by atoms with Gasteiger partial charge in [-0.25, -0.2) is 13.4 Å². The fourth-order valence-corrected chi connectivity index (χ4v) is 4.17. The van der Waals surface area contributed by atoms with Crippen molar-refractivity contribution in [1.29, 1.82) is 0 Å². The summed E-state index contributed by atoms with van der Waals surface area (Å²) in [5.41, 5.74) is 2.38. The van der Waals surface area contributed by atoms with Crippen molar-refractivity contribution in [3.05, 3.63) is 53.6 Å².